The van der Waals surface area contributed by atoms with Gasteiger partial charge in [-0.15, -0.1) is 0 Å². The van der Waals surface area contributed by atoms with Crippen LogP contribution in [0.15, 0.2) is 18.2 Å². The van der Waals surface area contributed by atoms with E-state index in [1.165, 1.54) is 57.1 Å². The first-order valence-corrected chi connectivity index (χ1v) is 7.70. The van der Waals surface area contributed by atoms with Gasteiger partial charge < -0.3 is 5.32 Å². The average molecular weight is 243 g/mol. The van der Waals surface area contributed by atoms with Crippen LogP contribution in [0, 0.1) is 5.92 Å². The maximum atomic E-state index is 3.83. The van der Waals surface area contributed by atoms with Crippen LogP contribution in [0.1, 0.15) is 56.6 Å². The van der Waals surface area contributed by atoms with Crippen molar-refractivity contribution < 1.29 is 0 Å². The van der Waals surface area contributed by atoms with Gasteiger partial charge in [0.05, 0.1) is 0 Å². The van der Waals surface area contributed by atoms with Gasteiger partial charge in [-0.2, -0.15) is 0 Å². The molecule has 1 saturated carbocycles. The van der Waals surface area contributed by atoms with Crippen LogP contribution in [-0.2, 0) is 12.8 Å². The molecule has 1 fully saturated rings. The smallest absolute Gasteiger partial charge is 0.0377 e. The second-order valence-corrected chi connectivity index (χ2v) is 6.25. The number of benzene rings is 1. The fraction of sp³-hybridized carbons (Fsp3) is 0.647. The molecule has 0 unspecified atom stereocenters. The van der Waals surface area contributed by atoms with Crippen molar-refractivity contribution >= 4 is 5.69 Å². The molecule has 3 rings (SSSR count). The maximum absolute atomic E-state index is 3.83. The summed E-state index contributed by atoms with van der Waals surface area (Å²) < 4.78 is 0. The van der Waals surface area contributed by atoms with Crippen LogP contribution in [0.2, 0.25) is 0 Å². The molecule has 1 N–H and O–H groups in total. The number of anilines is 1. The summed E-state index contributed by atoms with van der Waals surface area (Å²) in [6, 6.07) is 7.57. The van der Waals surface area contributed by atoms with Crippen LogP contribution < -0.4 is 5.32 Å². The van der Waals surface area contributed by atoms with Crippen LogP contribution in [0.5, 0.6) is 0 Å². The van der Waals surface area contributed by atoms with E-state index in [0.29, 0.717) is 0 Å². The molecule has 0 saturated heterocycles. The van der Waals surface area contributed by atoms with Crippen molar-refractivity contribution in [1.82, 2.24) is 0 Å². The van der Waals surface area contributed by atoms with Crippen LogP contribution in [0.4, 0.5) is 5.69 Å². The normalized spacial score (nSPS) is 27.6. The minimum absolute atomic E-state index is 0.717. The molecule has 2 aliphatic carbocycles. The number of aryl methyl sites for hydroxylation is 1. The van der Waals surface area contributed by atoms with Gasteiger partial charge in [-0.05, 0) is 74.5 Å². The molecule has 2 aliphatic rings. The first-order chi connectivity index (χ1) is 8.83. The first kappa shape index (κ1) is 12.1. The minimum Gasteiger partial charge on any atom is -0.382 e. The number of nitrogens with one attached hydrogen (secondary N) is 1. The Morgan fingerprint density at radius 2 is 1.78 bits per heavy atom. The zero-order valence-corrected chi connectivity index (χ0v) is 11.5. The number of hydrogen-bond acceptors (Lipinski definition) is 1. The molecule has 0 spiro atoms. The molecule has 1 heteroatoms. The molecule has 1 aromatic rings. The van der Waals surface area contributed by atoms with E-state index in [-0.39, 0.29) is 0 Å². The van der Waals surface area contributed by atoms with Crippen molar-refractivity contribution in [3.05, 3.63) is 29.3 Å². The van der Waals surface area contributed by atoms with E-state index in [2.05, 4.69) is 30.4 Å². The summed E-state index contributed by atoms with van der Waals surface area (Å²) in [4.78, 5) is 0. The molecule has 0 atom stereocenters. The molecular formula is C17H25N. The quantitative estimate of drug-likeness (QED) is 0.803. The van der Waals surface area contributed by atoms with E-state index in [9.17, 15) is 0 Å². The Labute approximate surface area is 111 Å². The fourth-order valence-corrected chi connectivity index (χ4v) is 3.54. The van der Waals surface area contributed by atoms with Gasteiger partial charge in [0.15, 0.2) is 0 Å². The fourth-order valence-electron chi connectivity index (χ4n) is 3.54. The van der Waals surface area contributed by atoms with E-state index in [1.54, 1.807) is 11.1 Å². The summed E-state index contributed by atoms with van der Waals surface area (Å²) in [5.74, 6) is 0.938. The molecule has 0 aromatic heterocycles. The molecular weight excluding hydrogens is 218 g/mol. The van der Waals surface area contributed by atoms with Gasteiger partial charge in [0.25, 0.3) is 0 Å². The van der Waals surface area contributed by atoms with Gasteiger partial charge in [0, 0.05) is 11.7 Å². The zero-order chi connectivity index (χ0) is 12.4. The molecule has 0 amide bonds. The molecule has 18 heavy (non-hydrogen) atoms. The lowest BCUT2D eigenvalue weighted by molar-refractivity contribution is 0.361. The SMILES string of the molecule is CC1CCC(Nc2cccc3c2CCCC3)CC1. The zero-order valence-electron chi connectivity index (χ0n) is 11.5. The van der Waals surface area contributed by atoms with E-state index >= 15 is 0 Å². The maximum Gasteiger partial charge on any atom is 0.0377 e. The lowest BCUT2D eigenvalue weighted by Crippen LogP contribution is -2.26. The number of hydrogen-bond donors (Lipinski definition) is 1. The summed E-state index contributed by atoms with van der Waals surface area (Å²) in [5, 5.41) is 3.83. The Kier molecular flexibility index (Phi) is 3.58. The Hall–Kier alpha value is -0.980. The standard InChI is InChI=1S/C17H25N/c1-13-9-11-15(12-10-13)18-17-8-4-6-14-5-2-3-7-16(14)17/h4,6,8,13,15,18H,2-3,5,7,9-12H2,1H3. The predicted molar refractivity (Wildman–Crippen MR) is 78.1 cm³/mol. The second-order valence-electron chi connectivity index (χ2n) is 6.25. The largest absolute Gasteiger partial charge is 0.382 e. The van der Waals surface area contributed by atoms with Gasteiger partial charge in [-0.1, -0.05) is 19.1 Å². The number of fused-ring (bicyclic) bond motifs is 1. The number of rotatable bonds is 2. The lowest BCUT2D eigenvalue weighted by atomic mass is 9.86. The molecule has 1 aromatic carbocycles. The summed E-state index contributed by atoms with van der Waals surface area (Å²) in [7, 11) is 0. The summed E-state index contributed by atoms with van der Waals surface area (Å²) in [6.07, 6.45) is 10.8. The second kappa shape index (κ2) is 5.34. The Morgan fingerprint density at radius 1 is 1.00 bits per heavy atom. The lowest BCUT2D eigenvalue weighted by Gasteiger charge is -2.29. The van der Waals surface area contributed by atoms with Gasteiger partial charge >= 0.3 is 0 Å². The van der Waals surface area contributed by atoms with E-state index < -0.39 is 0 Å². The van der Waals surface area contributed by atoms with Gasteiger partial charge in [0.1, 0.15) is 0 Å². The Morgan fingerprint density at radius 3 is 2.61 bits per heavy atom. The van der Waals surface area contributed by atoms with Crippen molar-refractivity contribution in [3.8, 4) is 0 Å². The monoisotopic (exact) mass is 243 g/mol. The Bertz CT molecular complexity index is 402. The van der Waals surface area contributed by atoms with Crippen molar-refractivity contribution in [2.45, 2.75) is 64.3 Å². The molecule has 0 bridgehead atoms. The van der Waals surface area contributed by atoms with Crippen LogP contribution >= 0.6 is 0 Å². The summed E-state index contributed by atoms with van der Waals surface area (Å²) in [6.45, 7) is 2.39. The highest BCUT2D eigenvalue weighted by Gasteiger charge is 2.20. The third kappa shape index (κ3) is 2.55. The van der Waals surface area contributed by atoms with Gasteiger partial charge in [-0.3, -0.25) is 0 Å². The highest BCUT2D eigenvalue weighted by molar-refractivity contribution is 5.56. The van der Waals surface area contributed by atoms with E-state index in [0.717, 1.165) is 12.0 Å². The van der Waals surface area contributed by atoms with Crippen molar-refractivity contribution in [3.63, 3.8) is 0 Å². The summed E-state index contributed by atoms with van der Waals surface area (Å²) >= 11 is 0. The first-order valence-electron chi connectivity index (χ1n) is 7.70. The minimum atomic E-state index is 0.717. The summed E-state index contributed by atoms with van der Waals surface area (Å²) in [5.41, 5.74) is 4.64. The van der Waals surface area contributed by atoms with E-state index in [4.69, 9.17) is 0 Å². The van der Waals surface area contributed by atoms with Gasteiger partial charge in [-0.25, -0.2) is 0 Å². The highest BCUT2D eigenvalue weighted by Crippen LogP contribution is 2.31. The third-order valence-corrected chi connectivity index (χ3v) is 4.77. The Balaban J connectivity index is 1.72. The molecule has 0 aliphatic heterocycles. The van der Waals surface area contributed by atoms with Crippen LogP contribution in [0.25, 0.3) is 0 Å². The van der Waals surface area contributed by atoms with Crippen molar-refractivity contribution in [2.24, 2.45) is 5.92 Å². The predicted octanol–water partition coefficient (Wildman–Crippen LogP) is 4.56. The molecule has 0 radical (unpaired) electrons. The molecule has 0 heterocycles. The third-order valence-electron chi connectivity index (χ3n) is 4.77. The van der Waals surface area contributed by atoms with Crippen molar-refractivity contribution in [2.75, 3.05) is 5.32 Å². The van der Waals surface area contributed by atoms with Crippen LogP contribution in [-0.4, -0.2) is 6.04 Å². The topological polar surface area (TPSA) is 12.0 Å². The highest BCUT2D eigenvalue weighted by atomic mass is 14.9. The van der Waals surface area contributed by atoms with E-state index in [1.807, 2.05) is 0 Å². The average Bonchev–Trinajstić information content (AvgIpc) is 2.42. The van der Waals surface area contributed by atoms with Gasteiger partial charge in [0.2, 0.25) is 0 Å². The van der Waals surface area contributed by atoms with Crippen molar-refractivity contribution in [1.29, 1.82) is 0 Å². The van der Waals surface area contributed by atoms with Crippen LogP contribution in [0.3, 0.4) is 0 Å². The molecule has 98 valence electrons. The molecule has 1 nitrogen and oxygen atoms in total.